The maximum atomic E-state index is 6.07. The number of ether oxygens (including phenoxy) is 1. The normalized spacial score (nSPS) is 15.7. The third kappa shape index (κ3) is 5.23. The molecule has 1 aliphatic carbocycles. The SMILES string of the molecule is COc1cc2c(cc1CC[P+](c1ccccc1)(c1ccccc1)c1ccccc1)C(C)(C)CCC2(C)C.[Br-]. The molecular weight excluding hydrogens is 547 g/mol. The summed E-state index contributed by atoms with van der Waals surface area (Å²) in [5.41, 5.74) is 4.64. The zero-order chi connectivity index (χ0) is 26.1. The quantitative estimate of drug-likeness (QED) is 0.288. The summed E-state index contributed by atoms with van der Waals surface area (Å²) in [6.07, 6.45) is 4.46. The van der Waals surface area contributed by atoms with E-state index in [2.05, 4.69) is 131 Å². The van der Waals surface area contributed by atoms with Crippen molar-refractivity contribution in [2.75, 3.05) is 13.3 Å². The van der Waals surface area contributed by atoms with Gasteiger partial charge in [0.1, 0.15) is 28.9 Å². The molecule has 1 nitrogen and oxygen atoms in total. The van der Waals surface area contributed by atoms with Gasteiger partial charge in [0.2, 0.25) is 0 Å². The van der Waals surface area contributed by atoms with E-state index in [4.69, 9.17) is 4.74 Å². The Hall–Kier alpha value is -2.41. The van der Waals surface area contributed by atoms with Gasteiger partial charge in [0.15, 0.2) is 0 Å². The molecule has 38 heavy (non-hydrogen) atoms. The zero-order valence-corrected chi connectivity index (χ0v) is 25.9. The highest BCUT2D eigenvalue weighted by atomic mass is 79.9. The molecule has 4 aromatic carbocycles. The van der Waals surface area contributed by atoms with Crippen molar-refractivity contribution < 1.29 is 21.7 Å². The third-order valence-electron chi connectivity index (χ3n) is 8.56. The van der Waals surface area contributed by atoms with Gasteiger partial charge in [-0.3, -0.25) is 0 Å². The maximum absolute atomic E-state index is 6.07. The Morgan fingerprint density at radius 2 is 1.03 bits per heavy atom. The lowest BCUT2D eigenvalue weighted by Gasteiger charge is -2.42. The molecule has 0 aromatic heterocycles. The summed E-state index contributed by atoms with van der Waals surface area (Å²) in [4.78, 5) is 0. The Morgan fingerprint density at radius 1 is 0.632 bits per heavy atom. The van der Waals surface area contributed by atoms with Gasteiger partial charge in [-0.2, -0.15) is 0 Å². The predicted octanol–water partition coefficient (Wildman–Crippen LogP) is 4.58. The molecule has 0 unspecified atom stereocenters. The van der Waals surface area contributed by atoms with Crippen molar-refractivity contribution in [1.82, 2.24) is 0 Å². The van der Waals surface area contributed by atoms with Gasteiger partial charge in [0, 0.05) is 6.42 Å². The number of rotatable bonds is 7. The molecule has 0 spiro atoms. The van der Waals surface area contributed by atoms with Crippen LogP contribution in [0.1, 0.15) is 57.2 Å². The summed E-state index contributed by atoms with van der Waals surface area (Å²) in [7, 11) is -0.0573. The van der Waals surface area contributed by atoms with Crippen molar-refractivity contribution >= 4 is 23.2 Å². The Balaban J connectivity index is 0.00000336. The second kappa shape index (κ2) is 11.4. The summed E-state index contributed by atoms with van der Waals surface area (Å²) in [5.74, 6) is 1.04. The van der Waals surface area contributed by atoms with E-state index >= 15 is 0 Å². The largest absolute Gasteiger partial charge is 1.00 e. The standard InChI is InChI=1S/C35H40OP.BrH/c1-34(2)22-23-35(3,4)32-26-33(36-5)27(25-31(32)34)21-24-37(28-15-9-6-10-16-28,29-17-11-7-12-18-29)30-19-13-8-14-20-30;/h6-20,25-26H,21-24H2,1-5H3;1H/q+1;/p-1. The van der Waals surface area contributed by atoms with Crippen LogP contribution < -0.4 is 37.6 Å². The molecular formula is C35H40BrOP. The number of methoxy groups -OCH3 is 1. The van der Waals surface area contributed by atoms with Crippen LogP contribution in [0.2, 0.25) is 0 Å². The van der Waals surface area contributed by atoms with Gasteiger partial charge in [-0.25, -0.2) is 0 Å². The van der Waals surface area contributed by atoms with Gasteiger partial charge in [-0.05, 0) is 82.8 Å². The molecule has 0 bridgehead atoms. The molecule has 4 aromatic rings. The molecule has 1 aliphatic rings. The van der Waals surface area contributed by atoms with E-state index in [9.17, 15) is 0 Å². The van der Waals surface area contributed by atoms with Crippen LogP contribution in [0, 0.1) is 0 Å². The van der Waals surface area contributed by atoms with Gasteiger partial charge >= 0.3 is 0 Å². The van der Waals surface area contributed by atoms with E-state index in [0.29, 0.717) is 0 Å². The van der Waals surface area contributed by atoms with Crippen molar-refractivity contribution in [2.45, 2.75) is 57.8 Å². The van der Waals surface area contributed by atoms with Gasteiger partial charge in [-0.15, -0.1) is 0 Å². The highest BCUT2D eigenvalue weighted by molar-refractivity contribution is 7.95. The fourth-order valence-corrected chi connectivity index (χ4v) is 10.5. The van der Waals surface area contributed by atoms with E-state index in [1.807, 2.05) is 7.11 Å². The summed E-state index contributed by atoms with van der Waals surface area (Å²) >= 11 is 0. The summed E-state index contributed by atoms with van der Waals surface area (Å²) in [6, 6.07) is 38.4. The molecule has 0 amide bonds. The van der Waals surface area contributed by atoms with Crippen LogP contribution >= 0.6 is 7.26 Å². The van der Waals surface area contributed by atoms with Crippen molar-refractivity contribution in [2.24, 2.45) is 0 Å². The highest BCUT2D eigenvalue weighted by Gasteiger charge is 2.45. The van der Waals surface area contributed by atoms with Gasteiger partial charge in [0.05, 0.1) is 13.3 Å². The Labute approximate surface area is 240 Å². The zero-order valence-electron chi connectivity index (χ0n) is 23.4. The summed E-state index contributed by atoms with van der Waals surface area (Å²) in [6.45, 7) is 9.59. The molecule has 0 saturated carbocycles. The minimum Gasteiger partial charge on any atom is -1.00 e. The van der Waals surface area contributed by atoms with E-state index in [1.54, 1.807) is 0 Å². The number of halogens is 1. The highest BCUT2D eigenvalue weighted by Crippen LogP contribution is 2.56. The molecule has 0 heterocycles. The average Bonchev–Trinajstić information content (AvgIpc) is 2.93. The van der Waals surface area contributed by atoms with Crippen LogP contribution in [-0.4, -0.2) is 13.3 Å². The molecule has 0 radical (unpaired) electrons. The lowest BCUT2D eigenvalue weighted by molar-refractivity contribution is -0.00000816. The van der Waals surface area contributed by atoms with E-state index < -0.39 is 7.26 Å². The molecule has 0 atom stereocenters. The molecule has 5 rings (SSSR count). The number of hydrogen-bond donors (Lipinski definition) is 0. The first-order chi connectivity index (χ1) is 17.8. The third-order valence-corrected chi connectivity index (χ3v) is 13.0. The molecule has 198 valence electrons. The Kier molecular flexibility index (Phi) is 8.55. The Morgan fingerprint density at radius 3 is 1.42 bits per heavy atom. The smallest absolute Gasteiger partial charge is 0.122 e. The van der Waals surface area contributed by atoms with Crippen molar-refractivity contribution in [3.63, 3.8) is 0 Å². The van der Waals surface area contributed by atoms with Crippen LogP contribution in [0.5, 0.6) is 5.75 Å². The van der Waals surface area contributed by atoms with E-state index in [0.717, 1.165) is 18.3 Å². The average molecular weight is 588 g/mol. The number of benzene rings is 4. The molecule has 3 heteroatoms. The van der Waals surface area contributed by atoms with E-state index in [-0.39, 0.29) is 27.8 Å². The maximum Gasteiger partial charge on any atom is 0.122 e. The van der Waals surface area contributed by atoms with Crippen LogP contribution in [0.15, 0.2) is 103 Å². The van der Waals surface area contributed by atoms with Crippen molar-refractivity contribution in [3.05, 3.63) is 120 Å². The minimum atomic E-state index is -1.89. The van der Waals surface area contributed by atoms with E-state index in [1.165, 1.54) is 45.4 Å². The predicted molar refractivity (Wildman–Crippen MR) is 162 cm³/mol. The topological polar surface area (TPSA) is 9.23 Å². The molecule has 0 N–H and O–H groups in total. The first-order valence-corrected chi connectivity index (χ1v) is 15.5. The lowest BCUT2D eigenvalue weighted by atomic mass is 9.63. The molecule has 0 aliphatic heterocycles. The fraction of sp³-hybridized carbons (Fsp3) is 0.314. The van der Waals surface area contributed by atoms with Gasteiger partial charge < -0.3 is 21.7 Å². The van der Waals surface area contributed by atoms with Crippen LogP contribution in [0.25, 0.3) is 0 Å². The van der Waals surface area contributed by atoms with Crippen LogP contribution in [0.3, 0.4) is 0 Å². The second-order valence-corrected chi connectivity index (χ2v) is 15.4. The number of hydrogen-bond acceptors (Lipinski definition) is 1. The lowest BCUT2D eigenvalue weighted by Crippen LogP contribution is -3.00. The van der Waals surface area contributed by atoms with Crippen molar-refractivity contribution in [1.29, 1.82) is 0 Å². The molecule has 0 saturated heterocycles. The van der Waals surface area contributed by atoms with Crippen LogP contribution in [0.4, 0.5) is 0 Å². The first-order valence-electron chi connectivity index (χ1n) is 13.5. The second-order valence-electron chi connectivity index (χ2n) is 11.8. The number of aryl methyl sites for hydroxylation is 1. The Bertz CT molecular complexity index is 1250. The van der Waals surface area contributed by atoms with Gasteiger partial charge in [-0.1, -0.05) is 88.4 Å². The summed E-state index contributed by atoms with van der Waals surface area (Å²) in [5, 5.41) is 4.31. The van der Waals surface area contributed by atoms with Gasteiger partial charge in [0.25, 0.3) is 0 Å². The minimum absolute atomic E-state index is 0. The number of fused-ring (bicyclic) bond motifs is 1. The monoisotopic (exact) mass is 586 g/mol. The van der Waals surface area contributed by atoms with Crippen LogP contribution in [-0.2, 0) is 17.3 Å². The fourth-order valence-electron chi connectivity index (χ4n) is 6.19. The summed E-state index contributed by atoms with van der Waals surface area (Å²) < 4.78 is 6.07. The molecule has 0 fully saturated rings. The first kappa shape index (κ1) is 28.6. The van der Waals surface area contributed by atoms with Crippen molar-refractivity contribution in [3.8, 4) is 5.75 Å².